The number of benzene rings is 1. The Balaban J connectivity index is 2.28. The molecule has 0 spiro atoms. The van der Waals surface area contributed by atoms with Crippen molar-refractivity contribution >= 4 is 17.3 Å². The second kappa shape index (κ2) is 7.57. The van der Waals surface area contributed by atoms with E-state index in [-0.39, 0.29) is 0 Å². The largest absolute Gasteiger partial charge is 0.385 e. The molecule has 0 aliphatic heterocycles. The van der Waals surface area contributed by atoms with Gasteiger partial charge in [0.1, 0.15) is 0 Å². The van der Waals surface area contributed by atoms with Gasteiger partial charge in [0.05, 0.1) is 0 Å². The molecule has 0 saturated carbocycles. The molecule has 0 saturated heterocycles. The van der Waals surface area contributed by atoms with Gasteiger partial charge in [0.15, 0.2) is 0 Å². The van der Waals surface area contributed by atoms with Gasteiger partial charge in [-0.1, -0.05) is 31.5 Å². The van der Waals surface area contributed by atoms with Crippen LogP contribution >= 0.6 is 11.6 Å². The van der Waals surface area contributed by atoms with E-state index in [0.29, 0.717) is 0 Å². The number of halogens is 1. The van der Waals surface area contributed by atoms with Gasteiger partial charge in [-0.3, -0.25) is 0 Å². The van der Waals surface area contributed by atoms with E-state index >= 15 is 0 Å². The lowest BCUT2D eigenvalue weighted by Gasteiger charge is -2.18. The normalized spacial score (nSPS) is 10.9. The highest BCUT2D eigenvalue weighted by atomic mass is 35.5. The number of aryl methyl sites for hydroxylation is 1. The molecule has 0 radical (unpaired) electrons. The summed E-state index contributed by atoms with van der Waals surface area (Å²) in [5.41, 5.74) is 2.24. The van der Waals surface area contributed by atoms with E-state index in [2.05, 4.69) is 36.2 Å². The Hall–Kier alpha value is -0.730. The zero-order valence-corrected chi connectivity index (χ0v) is 11.8. The van der Waals surface area contributed by atoms with Crippen molar-refractivity contribution in [3.05, 3.63) is 28.8 Å². The van der Waals surface area contributed by atoms with Crippen LogP contribution in [0, 0.1) is 6.92 Å². The summed E-state index contributed by atoms with van der Waals surface area (Å²) in [6, 6.07) is 6.13. The molecule has 1 N–H and O–H groups in total. The average Bonchev–Trinajstić information content (AvgIpc) is 2.34. The van der Waals surface area contributed by atoms with Crippen molar-refractivity contribution in [3.63, 3.8) is 0 Å². The Bertz CT molecular complexity index is 335. The van der Waals surface area contributed by atoms with Gasteiger partial charge >= 0.3 is 0 Å². The Morgan fingerprint density at radius 1 is 1.24 bits per heavy atom. The van der Waals surface area contributed by atoms with Crippen molar-refractivity contribution in [2.45, 2.75) is 27.2 Å². The summed E-state index contributed by atoms with van der Waals surface area (Å²) in [5.74, 6) is 0. The Morgan fingerprint density at radius 3 is 2.53 bits per heavy atom. The van der Waals surface area contributed by atoms with Crippen LogP contribution < -0.4 is 5.32 Å². The van der Waals surface area contributed by atoms with E-state index in [9.17, 15) is 0 Å². The Labute approximate surface area is 110 Å². The molecule has 96 valence electrons. The molecule has 0 fully saturated rings. The molecule has 1 aromatic rings. The fourth-order valence-electron chi connectivity index (χ4n) is 1.78. The van der Waals surface area contributed by atoms with Crippen molar-refractivity contribution < 1.29 is 0 Å². The molecule has 2 nitrogen and oxygen atoms in total. The second-order valence-corrected chi connectivity index (χ2v) is 4.68. The number of nitrogens with zero attached hydrogens (tertiary/aromatic N) is 1. The van der Waals surface area contributed by atoms with Gasteiger partial charge in [-0.15, -0.1) is 0 Å². The molecule has 0 heterocycles. The minimum Gasteiger partial charge on any atom is -0.385 e. The molecular weight excluding hydrogens is 232 g/mol. The Morgan fingerprint density at radius 2 is 1.94 bits per heavy atom. The lowest BCUT2D eigenvalue weighted by molar-refractivity contribution is 0.303. The SMILES string of the molecule is CCN(CC)CCCNc1ccc(C)c(Cl)c1. The molecule has 0 bridgehead atoms. The summed E-state index contributed by atoms with van der Waals surface area (Å²) in [4.78, 5) is 2.43. The summed E-state index contributed by atoms with van der Waals surface area (Å²) in [5, 5.41) is 4.24. The predicted molar refractivity (Wildman–Crippen MR) is 77.1 cm³/mol. The van der Waals surface area contributed by atoms with Crippen LogP contribution in [0.1, 0.15) is 25.8 Å². The highest BCUT2D eigenvalue weighted by Gasteiger charge is 1.99. The lowest BCUT2D eigenvalue weighted by atomic mass is 10.2. The first-order valence-electron chi connectivity index (χ1n) is 6.39. The third-order valence-corrected chi connectivity index (χ3v) is 3.45. The monoisotopic (exact) mass is 254 g/mol. The van der Waals surface area contributed by atoms with Crippen LogP contribution in [0.15, 0.2) is 18.2 Å². The van der Waals surface area contributed by atoms with Crippen LogP contribution in [0.4, 0.5) is 5.69 Å². The van der Waals surface area contributed by atoms with Crippen LogP contribution in [0.2, 0.25) is 5.02 Å². The fourth-order valence-corrected chi connectivity index (χ4v) is 1.96. The third-order valence-electron chi connectivity index (χ3n) is 3.05. The molecule has 0 unspecified atom stereocenters. The molecule has 0 aromatic heterocycles. The molecule has 17 heavy (non-hydrogen) atoms. The molecule has 0 amide bonds. The summed E-state index contributed by atoms with van der Waals surface area (Å²) >= 11 is 6.07. The van der Waals surface area contributed by atoms with Gasteiger partial charge in [-0.2, -0.15) is 0 Å². The first kappa shape index (κ1) is 14.3. The summed E-state index contributed by atoms with van der Waals surface area (Å²) in [6.45, 7) is 10.8. The maximum absolute atomic E-state index is 6.07. The molecular formula is C14H23ClN2. The summed E-state index contributed by atoms with van der Waals surface area (Å²) in [6.07, 6.45) is 1.16. The summed E-state index contributed by atoms with van der Waals surface area (Å²) in [7, 11) is 0. The second-order valence-electron chi connectivity index (χ2n) is 4.27. The minimum atomic E-state index is 0.832. The number of anilines is 1. The van der Waals surface area contributed by atoms with Crippen molar-refractivity contribution in [3.8, 4) is 0 Å². The smallest absolute Gasteiger partial charge is 0.0455 e. The molecule has 1 rings (SSSR count). The first-order chi connectivity index (χ1) is 8.17. The third kappa shape index (κ3) is 4.97. The van der Waals surface area contributed by atoms with Gasteiger partial charge in [0.25, 0.3) is 0 Å². The minimum absolute atomic E-state index is 0.832. The van der Waals surface area contributed by atoms with E-state index < -0.39 is 0 Å². The molecule has 3 heteroatoms. The van der Waals surface area contributed by atoms with Crippen LogP contribution in [0.5, 0.6) is 0 Å². The standard InChI is InChI=1S/C14H23ClN2/c1-4-17(5-2)10-6-9-16-13-8-7-12(3)14(15)11-13/h7-8,11,16H,4-6,9-10H2,1-3H3. The van der Waals surface area contributed by atoms with Crippen molar-refractivity contribution in [1.82, 2.24) is 4.90 Å². The predicted octanol–water partition coefficient (Wildman–Crippen LogP) is 3.79. The number of nitrogens with one attached hydrogen (secondary N) is 1. The molecule has 0 aliphatic rings. The molecule has 1 aromatic carbocycles. The maximum Gasteiger partial charge on any atom is 0.0455 e. The van der Waals surface area contributed by atoms with Crippen molar-refractivity contribution in [1.29, 1.82) is 0 Å². The molecule has 0 atom stereocenters. The number of rotatable bonds is 7. The van der Waals surface area contributed by atoms with Gasteiger partial charge in [-0.05, 0) is 50.7 Å². The van der Waals surface area contributed by atoms with Crippen LogP contribution in [0.25, 0.3) is 0 Å². The summed E-state index contributed by atoms with van der Waals surface area (Å²) < 4.78 is 0. The van der Waals surface area contributed by atoms with Gasteiger partial charge in [0.2, 0.25) is 0 Å². The zero-order valence-electron chi connectivity index (χ0n) is 11.1. The van der Waals surface area contributed by atoms with Crippen molar-refractivity contribution in [2.75, 3.05) is 31.5 Å². The lowest BCUT2D eigenvalue weighted by Crippen LogP contribution is -2.25. The van der Waals surface area contributed by atoms with Gasteiger partial charge in [0, 0.05) is 17.3 Å². The zero-order chi connectivity index (χ0) is 12.7. The van der Waals surface area contributed by atoms with E-state index in [4.69, 9.17) is 11.6 Å². The highest BCUT2D eigenvalue weighted by Crippen LogP contribution is 2.19. The highest BCUT2D eigenvalue weighted by molar-refractivity contribution is 6.31. The quantitative estimate of drug-likeness (QED) is 0.745. The molecule has 0 aliphatic carbocycles. The van der Waals surface area contributed by atoms with Crippen LogP contribution in [-0.4, -0.2) is 31.1 Å². The topological polar surface area (TPSA) is 15.3 Å². The van der Waals surface area contributed by atoms with Crippen LogP contribution in [-0.2, 0) is 0 Å². The van der Waals surface area contributed by atoms with E-state index in [0.717, 1.165) is 48.9 Å². The number of hydrogen-bond acceptors (Lipinski definition) is 2. The maximum atomic E-state index is 6.07. The van der Waals surface area contributed by atoms with E-state index in [1.165, 1.54) is 0 Å². The van der Waals surface area contributed by atoms with E-state index in [1.807, 2.05) is 13.0 Å². The average molecular weight is 255 g/mol. The first-order valence-corrected chi connectivity index (χ1v) is 6.77. The number of hydrogen-bond donors (Lipinski definition) is 1. The van der Waals surface area contributed by atoms with Crippen molar-refractivity contribution in [2.24, 2.45) is 0 Å². The van der Waals surface area contributed by atoms with E-state index in [1.54, 1.807) is 0 Å². The van der Waals surface area contributed by atoms with Crippen LogP contribution in [0.3, 0.4) is 0 Å². The van der Waals surface area contributed by atoms with Gasteiger partial charge < -0.3 is 10.2 Å². The Kier molecular flexibility index (Phi) is 6.38. The fraction of sp³-hybridized carbons (Fsp3) is 0.571. The van der Waals surface area contributed by atoms with Gasteiger partial charge in [-0.25, -0.2) is 0 Å².